The van der Waals surface area contributed by atoms with Crippen LogP contribution in [0.4, 0.5) is 0 Å². The number of pyridine rings is 1. The van der Waals surface area contributed by atoms with Gasteiger partial charge >= 0.3 is 5.97 Å². The molecule has 0 spiro atoms. The van der Waals surface area contributed by atoms with E-state index in [1.165, 1.54) is 0 Å². The predicted octanol–water partition coefficient (Wildman–Crippen LogP) is 5.64. The zero-order valence-corrected chi connectivity index (χ0v) is 15.9. The lowest BCUT2D eigenvalue weighted by molar-refractivity contribution is 0.0438. The number of ether oxygens (including phenoxy) is 1. The second-order valence-electron chi connectivity index (χ2n) is 6.69. The summed E-state index contributed by atoms with van der Waals surface area (Å²) in [7, 11) is 0. The van der Waals surface area contributed by atoms with Gasteiger partial charge in [-0.15, -0.1) is 0 Å². The van der Waals surface area contributed by atoms with Crippen molar-refractivity contribution in [2.24, 2.45) is 0 Å². The van der Waals surface area contributed by atoms with E-state index in [1.54, 1.807) is 13.0 Å². The Bertz CT molecular complexity index is 1210. The normalized spacial score (nSPS) is 11.6. The molecule has 0 saturated heterocycles. The first kappa shape index (κ1) is 18.4. The van der Waals surface area contributed by atoms with Crippen LogP contribution in [0.25, 0.3) is 33.3 Å². The number of benzene rings is 3. The molecule has 0 amide bonds. The van der Waals surface area contributed by atoms with E-state index in [9.17, 15) is 4.79 Å². The maximum atomic E-state index is 12.6. The Morgan fingerprint density at radius 2 is 1.52 bits per heavy atom. The average molecular weight is 378 g/mol. The molecule has 0 aliphatic heterocycles. The number of hydrogen-bond acceptors (Lipinski definition) is 4. The highest BCUT2D eigenvalue weighted by atomic mass is 16.5. The third-order valence-electron chi connectivity index (χ3n) is 4.69. The smallest absolute Gasteiger partial charge is 0.340 e. The summed E-state index contributed by atoms with van der Waals surface area (Å²) in [5.41, 5.74) is 4.93. The minimum Gasteiger partial charge on any atom is -0.444 e. The van der Waals surface area contributed by atoms with E-state index in [2.05, 4.69) is 12.1 Å². The number of nitrogens with zero attached hydrogens (tertiary/aromatic N) is 2. The molecule has 0 aliphatic carbocycles. The topological polar surface area (TPSA) is 63.0 Å². The number of nitriles is 1. The molecule has 1 atom stereocenters. The second kappa shape index (κ2) is 7.95. The van der Waals surface area contributed by atoms with E-state index in [1.807, 2.05) is 72.8 Å². The highest BCUT2D eigenvalue weighted by molar-refractivity contribution is 6.04. The summed E-state index contributed by atoms with van der Waals surface area (Å²) in [6.07, 6.45) is -0.817. The summed E-state index contributed by atoms with van der Waals surface area (Å²) in [6.45, 7) is 1.55. The molecule has 140 valence electrons. The lowest BCUT2D eigenvalue weighted by atomic mass is 10.0. The monoisotopic (exact) mass is 378 g/mol. The summed E-state index contributed by atoms with van der Waals surface area (Å²) in [5, 5.41) is 9.66. The molecule has 1 aromatic heterocycles. The maximum absolute atomic E-state index is 12.6. The number of para-hydroxylation sites is 1. The lowest BCUT2D eigenvalue weighted by Crippen LogP contribution is -2.14. The first-order valence-electron chi connectivity index (χ1n) is 9.32. The Hall–Kier alpha value is -3.97. The zero-order chi connectivity index (χ0) is 20.2. The summed E-state index contributed by atoms with van der Waals surface area (Å²) >= 11 is 0. The standard InChI is InChI=1S/C25H18N2O2/c1-17(16-26)29-25(28)22-15-24(27-23-10-6-5-9-21(22)23)20-13-11-19(12-14-20)18-7-3-2-4-8-18/h2-15,17H,1H3/t17-/m0/s1. The van der Waals surface area contributed by atoms with Crippen molar-refractivity contribution >= 4 is 16.9 Å². The van der Waals surface area contributed by atoms with Crippen LogP contribution in [0, 0.1) is 11.3 Å². The van der Waals surface area contributed by atoms with Crippen LogP contribution in [-0.2, 0) is 4.74 Å². The molecular formula is C25H18N2O2. The molecule has 3 aromatic carbocycles. The fourth-order valence-electron chi connectivity index (χ4n) is 3.21. The van der Waals surface area contributed by atoms with Crippen molar-refractivity contribution in [3.63, 3.8) is 0 Å². The van der Waals surface area contributed by atoms with Crippen LogP contribution in [-0.4, -0.2) is 17.1 Å². The maximum Gasteiger partial charge on any atom is 0.340 e. The Morgan fingerprint density at radius 1 is 0.897 bits per heavy atom. The Morgan fingerprint density at radius 3 is 2.24 bits per heavy atom. The first-order chi connectivity index (χ1) is 14.2. The number of aromatic nitrogens is 1. The van der Waals surface area contributed by atoms with Crippen LogP contribution >= 0.6 is 0 Å². The van der Waals surface area contributed by atoms with Crippen molar-refractivity contribution in [2.75, 3.05) is 0 Å². The molecule has 29 heavy (non-hydrogen) atoms. The lowest BCUT2D eigenvalue weighted by Gasteiger charge is -2.11. The Balaban J connectivity index is 1.76. The van der Waals surface area contributed by atoms with Crippen molar-refractivity contribution < 1.29 is 9.53 Å². The molecule has 0 N–H and O–H groups in total. The van der Waals surface area contributed by atoms with Crippen molar-refractivity contribution in [1.82, 2.24) is 4.98 Å². The van der Waals surface area contributed by atoms with Gasteiger partial charge in [0.25, 0.3) is 0 Å². The first-order valence-corrected chi connectivity index (χ1v) is 9.32. The van der Waals surface area contributed by atoms with Gasteiger partial charge in [-0.25, -0.2) is 9.78 Å². The molecular weight excluding hydrogens is 360 g/mol. The molecule has 0 unspecified atom stereocenters. The minimum absolute atomic E-state index is 0.403. The Kier molecular flexibility index (Phi) is 5.05. The largest absolute Gasteiger partial charge is 0.444 e. The molecule has 4 rings (SSSR count). The number of esters is 1. The van der Waals surface area contributed by atoms with Crippen molar-refractivity contribution in [1.29, 1.82) is 5.26 Å². The second-order valence-corrected chi connectivity index (χ2v) is 6.69. The van der Waals surface area contributed by atoms with Gasteiger partial charge in [0, 0.05) is 10.9 Å². The van der Waals surface area contributed by atoms with Crippen LogP contribution in [0.5, 0.6) is 0 Å². The van der Waals surface area contributed by atoms with Crippen LogP contribution in [0.2, 0.25) is 0 Å². The van der Waals surface area contributed by atoms with Gasteiger partial charge in [-0.3, -0.25) is 0 Å². The molecule has 0 bridgehead atoms. The summed E-state index contributed by atoms with van der Waals surface area (Å²) < 4.78 is 5.23. The Labute approximate surface area is 169 Å². The van der Waals surface area contributed by atoms with Gasteiger partial charge in [0.05, 0.1) is 16.8 Å². The highest BCUT2D eigenvalue weighted by Gasteiger charge is 2.17. The van der Waals surface area contributed by atoms with Crippen LogP contribution in [0.15, 0.2) is 84.9 Å². The van der Waals surface area contributed by atoms with E-state index >= 15 is 0 Å². The molecule has 0 aliphatic rings. The fraction of sp³-hybridized carbons (Fsp3) is 0.0800. The van der Waals surface area contributed by atoms with Gasteiger partial charge in [-0.05, 0) is 30.2 Å². The van der Waals surface area contributed by atoms with Crippen LogP contribution in [0.3, 0.4) is 0 Å². The third kappa shape index (κ3) is 3.85. The zero-order valence-electron chi connectivity index (χ0n) is 15.9. The van der Waals surface area contributed by atoms with E-state index in [0.29, 0.717) is 22.2 Å². The summed E-state index contributed by atoms with van der Waals surface area (Å²) in [4.78, 5) is 17.4. The van der Waals surface area contributed by atoms with Crippen molar-refractivity contribution in [3.05, 3.63) is 90.5 Å². The molecule has 4 aromatic rings. The number of carbonyl (C=O) groups is 1. The van der Waals surface area contributed by atoms with Gasteiger partial charge in [0.1, 0.15) is 6.07 Å². The molecule has 4 heteroatoms. The van der Waals surface area contributed by atoms with Gasteiger partial charge in [0.15, 0.2) is 6.10 Å². The highest BCUT2D eigenvalue weighted by Crippen LogP contribution is 2.28. The third-order valence-corrected chi connectivity index (χ3v) is 4.69. The van der Waals surface area contributed by atoms with Crippen molar-refractivity contribution in [3.8, 4) is 28.5 Å². The molecule has 0 radical (unpaired) electrons. The van der Waals surface area contributed by atoms with Gasteiger partial charge in [0.2, 0.25) is 0 Å². The van der Waals surface area contributed by atoms with E-state index in [-0.39, 0.29) is 0 Å². The number of rotatable bonds is 4. The van der Waals surface area contributed by atoms with Crippen LogP contribution < -0.4 is 0 Å². The quantitative estimate of drug-likeness (QED) is 0.431. The minimum atomic E-state index is -0.817. The van der Waals surface area contributed by atoms with Gasteiger partial charge in [-0.2, -0.15) is 5.26 Å². The van der Waals surface area contributed by atoms with E-state index in [0.717, 1.165) is 16.7 Å². The number of hydrogen-bond donors (Lipinski definition) is 0. The van der Waals surface area contributed by atoms with Gasteiger partial charge < -0.3 is 4.74 Å². The fourth-order valence-corrected chi connectivity index (χ4v) is 3.21. The molecule has 4 nitrogen and oxygen atoms in total. The summed E-state index contributed by atoms with van der Waals surface area (Å²) in [6, 6.07) is 29.3. The van der Waals surface area contributed by atoms with E-state index < -0.39 is 12.1 Å². The average Bonchev–Trinajstić information content (AvgIpc) is 2.79. The molecule has 1 heterocycles. The number of carbonyl (C=O) groups excluding carboxylic acids is 1. The molecule has 0 saturated carbocycles. The number of fused-ring (bicyclic) bond motifs is 1. The predicted molar refractivity (Wildman–Crippen MR) is 113 cm³/mol. The van der Waals surface area contributed by atoms with Gasteiger partial charge in [-0.1, -0.05) is 72.8 Å². The van der Waals surface area contributed by atoms with Crippen molar-refractivity contribution in [2.45, 2.75) is 13.0 Å². The molecule has 0 fully saturated rings. The van der Waals surface area contributed by atoms with Crippen LogP contribution in [0.1, 0.15) is 17.3 Å². The SMILES string of the molecule is C[C@@H](C#N)OC(=O)c1cc(-c2ccc(-c3ccccc3)cc2)nc2ccccc12. The summed E-state index contributed by atoms with van der Waals surface area (Å²) in [5.74, 6) is -0.528. The van der Waals surface area contributed by atoms with E-state index in [4.69, 9.17) is 15.0 Å².